The Morgan fingerprint density at radius 1 is 1.23 bits per heavy atom. The number of hydrogen-bond donors (Lipinski definition) is 0. The van der Waals surface area contributed by atoms with Gasteiger partial charge in [-0.05, 0) is 25.8 Å². The minimum absolute atomic E-state index is 0.0732. The molecule has 0 saturated carbocycles. The minimum atomic E-state index is -1.18. The fourth-order valence-electron chi connectivity index (χ4n) is 1.96. The summed E-state index contributed by atoms with van der Waals surface area (Å²) in [5.74, 6) is -1.55. The molecule has 2 amide bonds. The van der Waals surface area contributed by atoms with E-state index in [4.69, 9.17) is 14.2 Å². The predicted octanol–water partition coefficient (Wildman–Crippen LogP) is 2.98. The predicted molar refractivity (Wildman–Crippen MR) is 91.6 cm³/mol. The molecule has 1 unspecified atom stereocenters. The van der Waals surface area contributed by atoms with Crippen LogP contribution in [0.5, 0.6) is 0 Å². The Labute approximate surface area is 152 Å². The zero-order chi connectivity index (χ0) is 19.6. The van der Waals surface area contributed by atoms with Crippen LogP contribution in [0.3, 0.4) is 0 Å². The molecule has 0 saturated heterocycles. The van der Waals surface area contributed by atoms with Crippen LogP contribution in [0.15, 0.2) is 30.3 Å². The molecule has 0 radical (unpaired) electrons. The molecule has 0 aliphatic heterocycles. The van der Waals surface area contributed by atoms with Crippen molar-refractivity contribution in [1.82, 2.24) is 5.06 Å². The normalized spacial score (nSPS) is 12.2. The first-order chi connectivity index (χ1) is 12.3. The van der Waals surface area contributed by atoms with Crippen LogP contribution in [0.4, 0.5) is 4.79 Å². The van der Waals surface area contributed by atoms with Crippen LogP contribution in [-0.4, -0.2) is 43.0 Å². The first-order valence-corrected chi connectivity index (χ1v) is 8.23. The number of methoxy groups -OCH3 is 1. The highest BCUT2D eigenvalue weighted by atomic mass is 16.8. The second kappa shape index (κ2) is 10.5. The van der Waals surface area contributed by atoms with E-state index in [-0.39, 0.29) is 19.4 Å². The van der Waals surface area contributed by atoms with E-state index in [9.17, 15) is 14.4 Å². The third-order valence-electron chi connectivity index (χ3n) is 3.42. The van der Waals surface area contributed by atoms with E-state index < -0.39 is 24.0 Å². The number of ether oxygens (including phenoxy) is 3. The lowest BCUT2D eigenvalue weighted by Crippen LogP contribution is -2.34. The summed E-state index contributed by atoms with van der Waals surface area (Å²) in [6.45, 7) is 5.01. The number of hydrogen-bond acceptors (Lipinski definition) is 7. The lowest BCUT2D eigenvalue weighted by molar-refractivity contribution is -0.233. The molecule has 8 nitrogen and oxygen atoms in total. The Bertz CT molecular complexity index is 588. The van der Waals surface area contributed by atoms with Gasteiger partial charge in [0.2, 0.25) is 0 Å². The third kappa shape index (κ3) is 7.20. The molecule has 26 heavy (non-hydrogen) atoms. The lowest BCUT2D eigenvalue weighted by atomic mass is 10.1. The SMILES string of the molecule is CCCC(=O)N(C=O)OC(=O)OCC(OC(C)(C)OC)c1ccccc1. The number of carbonyl (C=O) groups excluding carboxylic acids is 3. The molecule has 1 atom stereocenters. The van der Waals surface area contributed by atoms with Gasteiger partial charge in [-0.2, -0.15) is 0 Å². The Hall–Kier alpha value is -2.45. The van der Waals surface area contributed by atoms with E-state index in [0.717, 1.165) is 5.56 Å². The molecule has 0 bridgehead atoms. The second-order valence-electron chi connectivity index (χ2n) is 5.85. The molecule has 0 aliphatic carbocycles. The van der Waals surface area contributed by atoms with Crippen LogP contribution in [0.25, 0.3) is 0 Å². The Morgan fingerprint density at radius 2 is 1.88 bits per heavy atom. The fourth-order valence-corrected chi connectivity index (χ4v) is 1.96. The summed E-state index contributed by atoms with van der Waals surface area (Å²) in [5, 5.41) is 0.323. The topological polar surface area (TPSA) is 91.4 Å². The summed E-state index contributed by atoms with van der Waals surface area (Å²) in [4.78, 5) is 38.9. The van der Waals surface area contributed by atoms with Gasteiger partial charge in [-0.25, -0.2) is 4.79 Å². The van der Waals surface area contributed by atoms with Gasteiger partial charge < -0.3 is 14.2 Å². The van der Waals surface area contributed by atoms with Gasteiger partial charge in [-0.1, -0.05) is 37.3 Å². The standard InChI is InChI=1S/C18H25NO7/c1-5-9-16(21)19(13-20)26-17(22)24-12-15(25-18(2,3)23-4)14-10-7-6-8-11-14/h6-8,10-11,13,15H,5,9,12H2,1-4H3. The van der Waals surface area contributed by atoms with Crippen molar-refractivity contribution in [2.75, 3.05) is 13.7 Å². The average molecular weight is 367 g/mol. The van der Waals surface area contributed by atoms with Crippen LogP contribution >= 0.6 is 0 Å². The summed E-state index contributed by atoms with van der Waals surface area (Å²) in [6, 6.07) is 9.11. The smallest absolute Gasteiger partial charge is 0.430 e. The molecule has 1 aromatic rings. The maximum absolute atomic E-state index is 11.8. The van der Waals surface area contributed by atoms with E-state index in [1.807, 2.05) is 30.3 Å². The van der Waals surface area contributed by atoms with Gasteiger partial charge in [-0.15, -0.1) is 5.06 Å². The van der Waals surface area contributed by atoms with Gasteiger partial charge in [0, 0.05) is 13.5 Å². The highest BCUT2D eigenvalue weighted by Crippen LogP contribution is 2.25. The van der Waals surface area contributed by atoms with E-state index in [1.165, 1.54) is 7.11 Å². The second-order valence-corrected chi connectivity index (χ2v) is 5.85. The third-order valence-corrected chi connectivity index (χ3v) is 3.42. The summed E-state index contributed by atoms with van der Waals surface area (Å²) in [7, 11) is 1.50. The van der Waals surface area contributed by atoms with E-state index in [0.29, 0.717) is 11.5 Å². The zero-order valence-electron chi connectivity index (χ0n) is 15.5. The van der Waals surface area contributed by atoms with Crippen molar-refractivity contribution in [1.29, 1.82) is 0 Å². The van der Waals surface area contributed by atoms with Crippen LogP contribution in [0, 0.1) is 0 Å². The molecular weight excluding hydrogens is 342 g/mol. The van der Waals surface area contributed by atoms with E-state index in [2.05, 4.69) is 4.84 Å². The first-order valence-electron chi connectivity index (χ1n) is 8.23. The number of hydroxylamine groups is 2. The maximum atomic E-state index is 11.8. The number of benzene rings is 1. The molecule has 0 spiro atoms. The average Bonchev–Trinajstić information content (AvgIpc) is 2.64. The van der Waals surface area contributed by atoms with Crippen LogP contribution in [0.1, 0.15) is 45.3 Å². The van der Waals surface area contributed by atoms with E-state index >= 15 is 0 Å². The van der Waals surface area contributed by atoms with E-state index in [1.54, 1.807) is 20.8 Å². The number of amides is 2. The Balaban J connectivity index is 2.72. The highest BCUT2D eigenvalue weighted by molar-refractivity contribution is 5.85. The van der Waals surface area contributed by atoms with Crippen molar-refractivity contribution in [3.8, 4) is 0 Å². The molecule has 144 valence electrons. The molecular formula is C18H25NO7. The zero-order valence-corrected chi connectivity index (χ0v) is 15.5. The number of carbonyl (C=O) groups is 3. The summed E-state index contributed by atoms with van der Waals surface area (Å²) in [6.07, 6.45) is -1.10. The summed E-state index contributed by atoms with van der Waals surface area (Å²) >= 11 is 0. The van der Waals surface area contributed by atoms with Crippen molar-refractivity contribution in [2.24, 2.45) is 0 Å². The van der Waals surface area contributed by atoms with Crippen LogP contribution in [0.2, 0.25) is 0 Å². The maximum Gasteiger partial charge on any atom is 0.534 e. The Morgan fingerprint density at radius 3 is 2.42 bits per heavy atom. The van der Waals surface area contributed by atoms with Gasteiger partial charge >= 0.3 is 6.16 Å². The lowest BCUT2D eigenvalue weighted by Gasteiger charge is -2.29. The fraction of sp³-hybridized carbons (Fsp3) is 0.500. The molecule has 0 N–H and O–H groups in total. The molecule has 0 aliphatic rings. The molecule has 1 aromatic carbocycles. The Kier molecular flexibility index (Phi) is 8.74. The quantitative estimate of drug-likeness (QED) is 0.287. The number of imide groups is 1. The van der Waals surface area contributed by atoms with Crippen LogP contribution < -0.4 is 0 Å². The largest absolute Gasteiger partial charge is 0.534 e. The monoisotopic (exact) mass is 367 g/mol. The van der Waals surface area contributed by atoms with Gasteiger partial charge in [0.25, 0.3) is 12.3 Å². The van der Waals surface area contributed by atoms with Crippen molar-refractivity contribution < 1.29 is 33.4 Å². The van der Waals surface area contributed by atoms with Gasteiger partial charge in [-0.3, -0.25) is 14.4 Å². The van der Waals surface area contributed by atoms with Gasteiger partial charge in [0.15, 0.2) is 5.79 Å². The molecule has 0 fully saturated rings. The van der Waals surface area contributed by atoms with Crippen LogP contribution in [-0.2, 0) is 28.6 Å². The number of rotatable bonds is 9. The van der Waals surface area contributed by atoms with Gasteiger partial charge in [0.1, 0.15) is 12.7 Å². The van der Waals surface area contributed by atoms with Crippen molar-refractivity contribution in [3.05, 3.63) is 35.9 Å². The number of nitrogens with zero attached hydrogens (tertiary/aromatic N) is 1. The molecule has 1 rings (SSSR count). The summed E-state index contributed by atoms with van der Waals surface area (Å²) < 4.78 is 16.1. The van der Waals surface area contributed by atoms with Crippen molar-refractivity contribution in [3.63, 3.8) is 0 Å². The minimum Gasteiger partial charge on any atom is -0.430 e. The first kappa shape index (κ1) is 21.6. The van der Waals surface area contributed by atoms with Crippen molar-refractivity contribution in [2.45, 2.75) is 45.5 Å². The van der Waals surface area contributed by atoms with Crippen molar-refractivity contribution >= 4 is 18.5 Å². The molecule has 0 aromatic heterocycles. The summed E-state index contributed by atoms with van der Waals surface area (Å²) in [5.41, 5.74) is 0.764. The van der Waals surface area contributed by atoms with Gasteiger partial charge in [0.05, 0.1) is 0 Å². The molecule has 8 heteroatoms. The highest BCUT2D eigenvalue weighted by Gasteiger charge is 2.26. The molecule has 0 heterocycles.